The molecule has 0 spiro atoms. The van der Waals surface area contributed by atoms with Gasteiger partial charge in [-0.05, 0) is 114 Å². The number of para-hydroxylation sites is 1. The number of anilines is 2. The molecule has 0 bridgehead atoms. The first-order valence-electron chi connectivity index (χ1n) is 17.1. The van der Waals surface area contributed by atoms with Crippen LogP contribution in [0.15, 0.2) is 60.7 Å². The number of halogens is 3. The number of benzene rings is 3. The van der Waals surface area contributed by atoms with Crippen LogP contribution in [0.1, 0.15) is 71.2 Å². The molecule has 1 saturated heterocycles. The minimum atomic E-state index is -0.380. The number of hydrogen-bond acceptors (Lipinski definition) is 7. The van der Waals surface area contributed by atoms with Crippen molar-refractivity contribution in [3.63, 3.8) is 0 Å². The van der Waals surface area contributed by atoms with Gasteiger partial charge in [-0.3, -0.25) is 14.4 Å². The van der Waals surface area contributed by atoms with Gasteiger partial charge in [0.25, 0.3) is 11.8 Å². The monoisotopic (exact) mass is 763 g/mol. The van der Waals surface area contributed by atoms with Crippen LogP contribution in [0.25, 0.3) is 0 Å². The largest absolute Gasteiger partial charge is 0.493 e. The Bertz CT molecular complexity index is 1580. The first-order chi connectivity index (χ1) is 23.6. The van der Waals surface area contributed by atoms with Crippen LogP contribution in [-0.4, -0.2) is 87.6 Å². The molecule has 1 aliphatic rings. The number of rotatable bonds is 16. The SMILES string of the molecule is Cc1ccc(N(C)C(=O)c2ccc(NC(=O)c3ccccc3OCCCN)c(Cl)c2)c(OCCCCCC(=O)N2CCC(N(C)C)CC2)c1.Cl.Cl. The van der Waals surface area contributed by atoms with E-state index in [1.807, 2.05) is 30.0 Å². The number of piperidine rings is 1. The Balaban J connectivity index is 0.00000451. The third-order valence-electron chi connectivity index (χ3n) is 8.82. The van der Waals surface area contributed by atoms with E-state index in [0.717, 1.165) is 50.8 Å². The van der Waals surface area contributed by atoms with Crippen molar-refractivity contribution in [2.24, 2.45) is 5.73 Å². The van der Waals surface area contributed by atoms with Crippen molar-refractivity contribution in [1.82, 2.24) is 9.80 Å². The molecule has 3 aromatic carbocycles. The molecule has 0 saturated carbocycles. The van der Waals surface area contributed by atoms with Gasteiger partial charge in [0.05, 0.1) is 35.2 Å². The van der Waals surface area contributed by atoms with Gasteiger partial charge in [-0.15, -0.1) is 24.8 Å². The predicted molar refractivity (Wildman–Crippen MR) is 211 cm³/mol. The highest BCUT2D eigenvalue weighted by atomic mass is 35.5. The molecule has 0 unspecified atom stereocenters. The molecule has 0 aliphatic carbocycles. The maximum Gasteiger partial charge on any atom is 0.259 e. The predicted octanol–water partition coefficient (Wildman–Crippen LogP) is 7.24. The van der Waals surface area contributed by atoms with Crippen LogP contribution in [0.3, 0.4) is 0 Å². The van der Waals surface area contributed by atoms with Gasteiger partial charge in [0.2, 0.25) is 5.91 Å². The maximum atomic E-state index is 13.6. The van der Waals surface area contributed by atoms with Gasteiger partial charge in [-0.1, -0.05) is 29.8 Å². The van der Waals surface area contributed by atoms with Crippen LogP contribution < -0.4 is 25.4 Å². The average Bonchev–Trinajstić information content (AvgIpc) is 3.10. The summed E-state index contributed by atoms with van der Waals surface area (Å²) in [4.78, 5) is 45.1. The van der Waals surface area contributed by atoms with Crippen LogP contribution in [-0.2, 0) is 4.79 Å². The molecule has 3 amide bonds. The van der Waals surface area contributed by atoms with Gasteiger partial charge in [0.1, 0.15) is 11.5 Å². The molecule has 0 radical (unpaired) electrons. The maximum absolute atomic E-state index is 13.6. The fourth-order valence-corrected chi connectivity index (χ4v) is 6.06. The Morgan fingerprint density at radius 1 is 0.882 bits per heavy atom. The number of nitrogens with zero attached hydrogens (tertiary/aromatic N) is 3. The Kier molecular flexibility index (Phi) is 18.6. The van der Waals surface area contributed by atoms with E-state index in [-0.39, 0.29) is 47.6 Å². The van der Waals surface area contributed by atoms with Gasteiger partial charge in [0, 0.05) is 38.2 Å². The lowest BCUT2D eigenvalue weighted by atomic mass is 10.0. The topological polar surface area (TPSA) is 117 Å². The lowest BCUT2D eigenvalue weighted by Gasteiger charge is -2.35. The zero-order chi connectivity index (χ0) is 35.3. The molecule has 51 heavy (non-hydrogen) atoms. The molecule has 10 nitrogen and oxygen atoms in total. The van der Waals surface area contributed by atoms with Crippen LogP contribution in [0.5, 0.6) is 11.5 Å². The number of hydrogen-bond donors (Lipinski definition) is 2. The number of nitrogens with one attached hydrogen (secondary N) is 1. The van der Waals surface area contributed by atoms with Gasteiger partial charge in [-0.25, -0.2) is 0 Å². The Hall–Kier alpha value is -3.54. The second-order valence-corrected chi connectivity index (χ2v) is 13.1. The lowest BCUT2D eigenvalue weighted by Crippen LogP contribution is -2.44. The van der Waals surface area contributed by atoms with Crippen LogP contribution in [0.2, 0.25) is 5.02 Å². The number of unbranched alkanes of at least 4 members (excludes halogenated alkanes) is 2. The minimum absolute atomic E-state index is 0. The Morgan fingerprint density at radius 2 is 1.57 bits per heavy atom. The highest BCUT2D eigenvalue weighted by Gasteiger charge is 2.24. The molecule has 1 fully saturated rings. The van der Waals surface area contributed by atoms with E-state index in [0.29, 0.717) is 72.6 Å². The summed E-state index contributed by atoms with van der Waals surface area (Å²) in [5.74, 6) is 0.646. The number of likely N-dealkylation sites (tertiary alicyclic amines) is 1. The summed E-state index contributed by atoms with van der Waals surface area (Å²) in [5, 5.41) is 3.05. The second kappa shape index (κ2) is 21.7. The highest BCUT2D eigenvalue weighted by molar-refractivity contribution is 6.34. The standard InChI is InChI=1S/C38H50ClN5O5.2ClH/c1-27-14-17-33(35(25-27)49-23-9-5-6-13-36(45)44-21-18-29(19-22-44)42(2)3)43(4)38(47)28-15-16-32(31(39)26-28)41-37(46)30-11-7-8-12-34(30)48-24-10-20-40;;/h7-8,11-12,14-17,25-26,29H,5-6,9-10,13,18-24,40H2,1-4H3,(H,41,46);2*1H. The summed E-state index contributed by atoms with van der Waals surface area (Å²) < 4.78 is 11.9. The van der Waals surface area contributed by atoms with Crippen molar-refractivity contribution in [2.45, 2.75) is 57.9 Å². The minimum Gasteiger partial charge on any atom is -0.493 e. The quantitative estimate of drug-likeness (QED) is 0.148. The number of aryl methyl sites for hydroxylation is 1. The zero-order valence-corrected chi connectivity index (χ0v) is 32.4. The average molecular weight is 765 g/mol. The summed E-state index contributed by atoms with van der Waals surface area (Å²) in [6, 6.07) is 18.0. The fraction of sp³-hybridized carbons (Fsp3) is 0.447. The summed E-state index contributed by atoms with van der Waals surface area (Å²) in [6.45, 7) is 5.01. The van der Waals surface area contributed by atoms with E-state index >= 15 is 0 Å². The molecule has 3 N–H and O–H groups in total. The van der Waals surface area contributed by atoms with Crippen molar-refractivity contribution in [1.29, 1.82) is 0 Å². The van der Waals surface area contributed by atoms with E-state index in [4.69, 9.17) is 26.8 Å². The summed E-state index contributed by atoms with van der Waals surface area (Å²) in [7, 11) is 5.89. The van der Waals surface area contributed by atoms with Crippen LogP contribution in [0.4, 0.5) is 11.4 Å². The van der Waals surface area contributed by atoms with Gasteiger partial charge >= 0.3 is 0 Å². The normalized spacial score (nSPS) is 12.8. The fourth-order valence-electron chi connectivity index (χ4n) is 5.83. The summed E-state index contributed by atoms with van der Waals surface area (Å²) >= 11 is 6.56. The number of nitrogens with two attached hydrogens (primary N) is 1. The number of ether oxygens (including phenoxy) is 2. The second-order valence-electron chi connectivity index (χ2n) is 12.7. The molecule has 3 aromatic rings. The molecule has 4 rings (SSSR count). The molecule has 0 atom stereocenters. The van der Waals surface area contributed by atoms with Crippen molar-refractivity contribution >= 4 is 65.5 Å². The van der Waals surface area contributed by atoms with Crippen molar-refractivity contribution < 1.29 is 23.9 Å². The molecular weight excluding hydrogens is 713 g/mol. The third kappa shape index (κ3) is 12.6. The Labute approximate surface area is 319 Å². The highest BCUT2D eigenvalue weighted by Crippen LogP contribution is 2.32. The van der Waals surface area contributed by atoms with Gasteiger partial charge < -0.3 is 35.2 Å². The number of carbonyl (C=O) groups excluding carboxylic acids is 3. The smallest absolute Gasteiger partial charge is 0.259 e. The van der Waals surface area contributed by atoms with E-state index in [9.17, 15) is 14.4 Å². The third-order valence-corrected chi connectivity index (χ3v) is 9.14. The molecule has 1 aliphatic heterocycles. The zero-order valence-electron chi connectivity index (χ0n) is 30.0. The van der Waals surface area contributed by atoms with E-state index in [1.54, 1.807) is 49.5 Å². The molecule has 280 valence electrons. The van der Waals surface area contributed by atoms with E-state index in [1.165, 1.54) is 4.90 Å². The molecule has 0 aromatic heterocycles. The summed E-state index contributed by atoms with van der Waals surface area (Å²) in [5.41, 5.74) is 8.30. The van der Waals surface area contributed by atoms with E-state index < -0.39 is 0 Å². The summed E-state index contributed by atoms with van der Waals surface area (Å²) in [6.07, 6.45) is 5.78. The van der Waals surface area contributed by atoms with Crippen LogP contribution in [0, 0.1) is 6.92 Å². The van der Waals surface area contributed by atoms with Gasteiger partial charge in [0.15, 0.2) is 0 Å². The van der Waals surface area contributed by atoms with Crippen molar-refractivity contribution in [2.75, 3.05) is 64.2 Å². The van der Waals surface area contributed by atoms with Crippen LogP contribution >= 0.6 is 36.4 Å². The molecule has 13 heteroatoms. The van der Waals surface area contributed by atoms with Crippen molar-refractivity contribution in [3.8, 4) is 11.5 Å². The lowest BCUT2D eigenvalue weighted by molar-refractivity contribution is -0.132. The van der Waals surface area contributed by atoms with E-state index in [2.05, 4.69) is 24.3 Å². The molecular formula is C38H52Cl3N5O5. The first-order valence-corrected chi connectivity index (χ1v) is 17.4. The Morgan fingerprint density at radius 3 is 2.25 bits per heavy atom. The first kappa shape index (κ1) is 43.6. The number of carbonyl (C=O) groups is 3. The molecule has 1 heterocycles. The van der Waals surface area contributed by atoms with Crippen molar-refractivity contribution in [3.05, 3.63) is 82.4 Å². The number of amides is 3. The van der Waals surface area contributed by atoms with Gasteiger partial charge in [-0.2, -0.15) is 0 Å².